The van der Waals surface area contributed by atoms with Crippen LogP contribution in [0.15, 0.2) is 212 Å². The van der Waals surface area contributed by atoms with E-state index >= 15 is 0 Å². The number of rotatable bonds is 6. The summed E-state index contributed by atoms with van der Waals surface area (Å²) in [5.74, 6) is 0. The molecule has 0 aliphatic rings. The van der Waals surface area contributed by atoms with Crippen LogP contribution in [0.4, 0.5) is 17.1 Å². The molecule has 0 radical (unpaired) electrons. The van der Waals surface area contributed by atoms with E-state index in [1.54, 1.807) is 0 Å². The molecule has 53 heavy (non-hydrogen) atoms. The molecule has 10 aromatic carbocycles. The zero-order valence-corrected chi connectivity index (χ0v) is 29.2. The van der Waals surface area contributed by atoms with E-state index in [2.05, 4.69) is 217 Å². The molecule has 0 bridgehead atoms. The van der Waals surface area contributed by atoms with E-state index in [1.807, 2.05) is 0 Å². The maximum Gasteiger partial charge on any atom is 0.0540 e. The molecule has 0 aliphatic heterocycles. The highest BCUT2D eigenvalue weighted by molar-refractivity contribution is 6.25. The summed E-state index contributed by atoms with van der Waals surface area (Å²) in [5.41, 5.74) is 10.6. The molecule has 10 rings (SSSR count). The molecule has 0 aliphatic carbocycles. The van der Waals surface area contributed by atoms with Crippen LogP contribution in [0.2, 0.25) is 0 Å². The van der Waals surface area contributed by atoms with Crippen molar-refractivity contribution in [2.24, 2.45) is 0 Å². The molecule has 0 saturated heterocycles. The standard InChI is InChI=1S/C52H35N/c1-2-18-41(19-3-1)53(52-27-11-10-21-45(52)40-17-12-16-39(34-40)44-26-13-15-37-14-4-5-20-43(37)44)42-31-28-36(29-32-42)38-30-33-50-48-24-7-6-22-46(48)47-23-8-9-25-49(47)51(50)35-38/h1-35H. The predicted molar refractivity (Wildman–Crippen MR) is 227 cm³/mol. The zero-order chi connectivity index (χ0) is 35.1. The third-order valence-electron chi connectivity index (χ3n) is 10.6. The van der Waals surface area contributed by atoms with Crippen LogP contribution in [0.5, 0.6) is 0 Å². The summed E-state index contributed by atoms with van der Waals surface area (Å²) in [5, 5.41) is 10.3. The number of para-hydroxylation sites is 2. The van der Waals surface area contributed by atoms with E-state index in [9.17, 15) is 0 Å². The van der Waals surface area contributed by atoms with Gasteiger partial charge in [-0.05, 0) is 113 Å². The third kappa shape index (κ3) is 5.42. The summed E-state index contributed by atoms with van der Waals surface area (Å²) < 4.78 is 0. The van der Waals surface area contributed by atoms with Gasteiger partial charge in [-0.25, -0.2) is 0 Å². The topological polar surface area (TPSA) is 3.24 Å². The van der Waals surface area contributed by atoms with Gasteiger partial charge < -0.3 is 4.90 Å². The molecule has 0 fully saturated rings. The van der Waals surface area contributed by atoms with E-state index in [-0.39, 0.29) is 0 Å². The molecule has 0 spiro atoms. The van der Waals surface area contributed by atoms with Gasteiger partial charge in [-0.3, -0.25) is 0 Å². The Morgan fingerprint density at radius 2 is 0.736 bits per heavy atom. The van der Waals surface area contributed by atoms with E-state index < -0.39 is 0 Å². The second-order valence-corrected chi connectivity index (χ2v) is 13.7. The molecule has 248 valence electrons. The Labute approximate surface area is 309 Å². The first kappa shape index (κ1) is 30.8. The molecule has 0 aromatic heterocycles. The van der Waals surface area contributed by atoms with Crippen molar-refractivity contribution in [2.45, 2.75) is 0 Å². The highest BCUT2D eigenvalue weighted by Gasteiger charge is 2.18. The summed E-state index contributed by atoms with van der Waals surface area (Å²) in [4.78, 5) is 2.38. The Balaban J connectivity index is 1.07. The predicted octanol–water partition coefficient (Wildman–Crippen LogP) is 14.8. The quantitative estimate of drug-likeness (QED) is 0.159. The maximum atomic E-state index is 2.38. The molecule has 1 heteroatoms. The summed E-state index contributed by atoms with van der Waals surface area (Å²) >= 11 is 0. The SMILES string of the molecule is c1ccc(N(c2ccc(-c3ccc4c5ccccc5c5ccccc5c4c3)cc2)c2ccccc2-c2cccc(-c3cccc4ccccc34)c2)cc1. The van der Waals surface area contributed by atoms with Crippen molar-refractivity contribution in [3.8, 4) is 33.4 Å². The van der Waals surface area contributed by atoms with Crippen molar-refractivity contribution in [1.82, 2.24) is 0 Å². The molecule has 0 N–H and O–H groups in total. The second kappa shape index (κ2) is 13.0. The minimum atomic E-state index is 1.11. The van der Waals surface area contributed by atoms with Gasteiger partial charge in [-0.15, -0.1) is 0 Å². The monoisotopic (exact) mass is 673 g/mol. The van der Waals surface area contributed by atoms with E-state index in [0.717, 1.165) is 17.1 Å². The lowest BCUT2D eigenvalue weighted by Gasteiger charge is -2.28. The summed E-state index contributed by atoms with van der Waals surface area (Å²) in [6, 6.07) is 77.1. The molecule has 0 unspecified atom stereocenters. The Morgan fingerprint density at radius 3 is 1.47 bits per heavy atom. The smallest absolute Gasteiger partial charge is 0.0540 e. The lowest BCUT2D eigenvalue weighted by atomic mass is 9.92. The van der Waals surface area contributed by atoms with Crippen molar-refractivity contribution in [3.05, 3.63) is 212 Å². The minimum absolute atomic E-state index is 1.11. The van der Waals surface area contributed by atoms with Crippen LogP contribution in [0, 0.1) is 0 Å². The molecule has 0 heterocycles. The summed E-state index contributed by atoms with van der Waals surface area (Å²) in [6.07, 6.45) is 0. The van der Waals surface area contributed by atoms with Crippen molar-refractivity contribution in [3.63, 3.8) is 0 Å². The fourth-order valence-corrected chi connectivity index (χ4v) is 8.14. The van der Waals surface area contributed by atoms with Gasteiger partial charge in [0.05, 0.1) is 5.69 Å². The fraction of sp³-hybridized carbons (Fsp3) is 0. The molecule has 10 aromatic rings. The normalized spacial score (nSPS) is 11.4. The van der Waals surface area contributed by atoms with Crippen LogP contribution in [-0.4, -0.2) is 0 Å². The average molecular weight is 674 g/mol. The van der Waals surface area contributed by atoms with Gasteiger partial charge >= 0.3 is 0 Å². The molecule has 0 atom stereocenters. The first-order chi connectivity index (χ1) is 26.3. The van der Waals surface area contributed by atoms with Crippen molar-refractivity contribution < 1.29 is 0 Å². The Kier molecular flexibility index (Phi) is 7.55. The van der Waals surface area contributed by atoms with Crippen molar-refractivity contribution in [1.29, 1.82) is 0 Å². The van der Waals surface area contributed by atoms with E-state index in [1.165, 1.54) is 76.5 Å². The van der Waals surface area contributed by atoms with Gasteiger partial charge in [0.1, 0.15) is 0 Å². The van der Waals surface area contributed by atoms with E-state index in [4.69, 9.17) is 0 Å². The maximum absolute atomic E-state index is 2.38. The number of hydrogen-bond acceptors (Lipinski definition) is 1. The molecule has 0 amide bonds. The first-order valence-corrected chi connectivity index (χ1v) is 18.3. The second-order valence-electron chi connectivity index (χ2n) is 13.7. The minimum Gasteiger partial charge on any atom is -0.310 e. The average Bonchev–Trinajstić information content (AvgIpc) is 3.24. The van der Waals surface area contributed by atoms with Gasteiger partial charge in [0.2, 0.25) is 0 Å². The lowest BCUT2D eigenvalue weighted by molar-refractivity contribution is 1.28. The zero-order valence-electron chi connectivity index (χ0n) is 29.2. The molecular weight excluding hydrogens is 639 g/mol. The lowest BCUT2D eigenvalue weighted by Crippen LogP contribution is -2.11. The van der Waals surface area contributed by atoms with Gasteiger partial charge in [-0.2, -0.15) is 0 Å². The number of hydrogen-bond donors (Lipinski definition) is 0. The van der Waals surface area contributed by atoms with Gasteiger partial charge in [0.25, 0.3) is 0 Å². The largest absolute Gasteiger partial charge is 0.310 e. The number of fused-ring (bicyclic) bond motifs is 7. The molecular formula is C52H35N. The highest BCUT2D eigenvalue weighted by Crippen LogP contribution is 2.43. The van der Waals surface area contributed by atoms with Crippen LogP contribution in [0.1, 0.15) is 0 Å². The number of benzene rings is 10. The first-order valence-electron chi connectivity index (χ1n) is 18.3. The highest BCUT2D eigenvalue weighted by atomic mass is 15.1. The number of nitrogens with zero attached hydrogens (tertiary/aromatic N) is 1. The van der Waals surface area contributed by atoms with Gasteiger partial charge in [0, 0.05) is 16.9 Å². The van der Waals surface area contributed by atoms with Crippen LogP contribution >= 0.6 is 0 Å². The van der Waals surface area contributed by atoms with Crippen LogP contribution < -0.4 is 4.90 Å². The van der Waals surface area contributed by atoms with Crippen LogP contribution in [0.3, 0.4) is 0 Å². The summed E-state index contributed by atoms with van der Waals surface area (Å²) in [6.45, 7) is 0. The molecule has 1 nitrogen and oxygen atoms in total. The van der Waals surface area contributed by atoms with Crippen LogP contribution in [0.25, 0.3) is 76.5 Å². The van der Waals surface area contributed by atoms with Gasteiger partial charge in [-0.1, -0.05) is 170 Å². The molecule has 0 saturated carbocycles. The Hall–Kier alpha value is -6.96. The third-order valence-corrected chi connectivity index (χ3v) is 10.6. The van der Waals surface area contributed by atoms with Crippen molar-refractivity contribution >= 4 is 60.2 Å². The van der Waals surface area contributed by atoms with Gasteiger partial charge in [0.15, 0.2) is 0 Å². The fourth-order valence-electron chi connectivity index (χ4n) is 8.14. The Bertz CT molecular complexity index is 2900. The van der Waals surface area contributed by atoms with Crippen molar-refractivity contribution in [2.75, 3.05) is 4.90 Å². The van der Waals surface area contributed by atoms with E-state index in [0.29, 0.717) is 0 Å². The summed E-state index contributed by atoms with van der Waals surface area (Å²) in [7, 11) is 0. The number of anilines is 3. The van der Waals surface area contributed by atoms with Crippen LogP contribution in [-0.2, 0) is 0 Å². The Morgan fingerprint density at radius 1 is 0.245 bits per heavy atom.